The zero-order valence-corrected chi connectivity index (χ0v) is 12.4. The van der Waals surface area contributed by atoms with E-state index >= 15 is 0 Å². The molecule has 9 heteroatoms. The quantitative estimate of drug-likeness (QED) is 0.384. The van der Waals surface area contributed by atoms with E-state index in [0.29, 0.717) is 23.4 Å². The van der Waals surface area contributed by atoms with Gasteiger partial charge in [-0.15, -0.1) is 0 Å². The van der Waals surface area contributed by atoms with Crippen molar-refractivity contribution in [2.45, 2.75) is 24.9 Å². The Balaban J connectivity index is 1.95. The molecule has 1 aliphatic heterocycles. The monoisotopic (exact) mass is 307 g/mol. The summed E-state index contributed by atoms with van der Waals surface area (Å²) in [4.78, 5) is 17.6. The Bertz CT molecular complexity index is 685. The molecule has 0 bridgehead atoms. The van der Waals surface area contributed by atoms with Crippen molar-refractivity contribution in [3.05, 3.63) is 12.7 Å². The number of hydrogen-bond acceptors (Lipinski definition) is 6. The smallest absolute Gasteiger partial charge is 0.309 e. The highest BCUT2D eigenvalue weighted by Crippen LogP contribution is 2.26. The topological polar surface area (TPSA) is 111 Å². The van der Waals surface area contributed by atoms with E-state index in [1.165, 1.54) is 6.33 Å². The largest absolute Gasteiger partial charge is 0.394 e. The third-order valence-corrected chi connectivity index (χ3v) is 3.51. The van der Waals surface area contributed by atoms with Crippen molar-refractivity contribution in [3.8, 4) is 0 Å². The van der Waals surface area contributed by atoms with E-state index in [1.807, 2.05) is 19.0 Å². The summed E-state index contributed by atoms with van der Waals surface area (Å²) < 4.78 is 7.43. The van der Waals surface area contributed by atoms with Crippen molar-refractivity contribution in [2.75, 3.05) is 20.7 Å². The Kier molecular flexibility index (Phi) is 4.01. The predicted octanol–water partition coefficient (Wildman–Crippen LogP) is -0.893. The molecule has 0 amide bonds. The zero-order chi connectivity index (χ0) is 15.7. The molecular weight excluding hydrogens is 288 g/mol. The van der Waals surface area contributed by atoms with Crippen LogP contribution in [0.25, 0.3) is 11.2 Å². The SMILES string of the molecule is CN(C)/C=N/c1ncnc2c1[nH]c[n+]2[C@@H]1C[C@H](O)[C@@H](CO)O1. The lowest BCUT2D eigenvalue weighted by Gasteiger charge is -2.10. The minimum atomic E-state index is -0.694. The van der Waals surface area contributed by atoms with Gasteiger partial charge in [-0.05, 0) is 0 Å². The zero-order valence-electron chi connectivity index (χ0n) is 12.4. The van der Waals surface area contributed by atoms with Gasteiger partial charge >= 0.3 is 5.65 Å². The standard InChI is InChI=1S/C13H18N6O3/c1-18(2)6-17-12-11-13(15-5-14-12)19(7-16-11)10-3-8(21)9(4-20)22-10/h5-10,20-21H,3-4H2,1-2H3/p+1/b17-6+/t8-,9+,10-/m0/s1. The van der Waals surface area contributed by atoms with Gasteiger partial charge in [0.25, 0.3) is 0 Å². The number of aliphatic hydroxyl groups excluding tert-OH is 2. The van der Waals surface area contributed by atoms with Gasteiger partial charge in [0.05, 0.1) is 19.0 Å². The molecule has 22 heavy (non-hydrogen) atoms. The van der Waals surface area contributed by atoms with Crippen molar-refractivity contribution in [3.63, 3.8) is 0 Å². The van der Waals surface area contributed by atoms with Crippen LogP contribution in [0.4, 0.5) is 5.82 Å². The number of hydrogen-bond donors (Lipinski definition) is 3. The van der Waals surface area contributed by atoms with Gasteiger partial charge in [0.15, 0.2) is 18.9 Å². The van der Waals surface area contributed by atoms with Crippen LogP contribution in [0.1, 0.15) is 12.6 Å². The molecule has 9 nitrogen and oxygen atoms in total. The first-order valence-corrected chi connectivity index (χ1v) is 6.98. The third kappa shape index (κ3) is 2.65. The highest BCUT2D eigenvalue weighted by atomic mass is 16.5. The van der Waals surface area contributed by atoms with Crippen LogP contribution in [0.2, 0.25) is 0 Å². The fourth-order valence-corrected chi connectivity index (χ4v) is 2.43. The summed E-state index contributed by atoms with van der Waals surface area (Å²) in [5, 5.41) is 19.0. The lowest BCUT2D eigenvalue weighted by Crippen LogP contribution is -2.39. The van der Waals surface area contributed by atoms with Crippen LogP contribution < -0.4 is 4.57 Å². The van der Waals surface area contributed by atoms with Crippen molar-refractivity contribution in [1.82, 2.24) is 19.9 Å². The molecule has 3 N–H and O–H groups in total. The first-order valence-electron chi connectivity index (χ1n) is 6.98. The molecule has 3 heterocycles. The molecule has 3 atom stereocenters. The highest BCUT2D eigenvalue weighted by Gasteiger charge is 2.37. The first-order chi connectivity index (χ1) is 10.6. The van der Waals surface area contributed by atoms with Crippen LogP contribution in [-0.2, 0) is 4.74 Å². The number of nitrogens with one attached hydrogen (secondary N) is 1. The van der Waals surface area contributed by atoms with Crippen LogP contribution >= 0.6 is 0 Å². The fraction of sp³-hybridized carbons (Fsp3) is 0.538. The normalized spacial score (nSPS) is 25.4. The number of aliphatic imine (C=N–C) groups is 1. The number of H-pyrrole nitrogens is 1. The molecule has 3 rings (SSSR count). The van der Waals surface area contributed by atoms with Gasteiger partial charge in [-0.2, -0.15) is 4.98 Å². The fourth-order valence-electron chi connectivity index (χ4n) is 2.43. The molecule has 0 radical (unpaired) electrons. The molecule has 1 aliphatic rings. The molecule has 1 fully saturated rings. The Morgan fingerprint density at radius 3 is 3.05 bits per heavy atom. The number of ether oxygens (including phenoxy) is 1. The van der Waals surface area contributed by atoms with Crippen molar-refractivity contribution in [2.24, 2.45) is 4.99 Å². The number of rotatable bonds is 4. The van der Waals surface area contributed by atoms with Crippen molar-refractivity contribution in [1.29, 1.82) is 0 Å². The van der Waals surface area contributed by atoms with Gasteiger partial charge in [0.1, 0.15) is 6.10 Å². The summed E-state index contributed by atoms with van der Waals surface area (Å²) in [5.41, 5.74) is 1.32. The number of nitrogens with zero attached hydrogens (tertiary/aromatic N) is 5. The van der Waals surface area contributed by atoms with Gasteiger partial charge in [0.2, 0.25) is 11.3 Å². The molecule has 0 aromatic carbocycles. The molecule has 1 saturated heterocycles. The van der Waals surface area contributed by atoms with Gasteiger partial charge in [0, 0.05) is 20.5 Å². The number of aliphatic hydroxyl groups is 2. The third-order valence-electron chi connectivity index (χ3n) is 3.51. The Morgan fingerprint density at radius 2 is 2.36 bits per heavy atom. The maximum Gasteiger partial charge on any atom is 0.309 e. The minimum absolute atomic E-state index is 0.214. The Labute approximate surface area is 126 Å². The van der Waals surface area contributed by atoms with E-state index in [9.17, 15) is 10.2 Å². The maximum absolute atomic E-state index is 9.86. The van der Waals surface area contributed by atoms with Gasteiger partial charge < -0.3 is 19.8 Å². The van der Waals surface area contributed by atoms with Crippen LogP contribution in [0.5, 0.6) is 0 Å². The van der Waals surface area contributed by atoms with Crippen molar-refractivity contribution < 1.29 is 19.5 Å². The summed E-state index contributed by atoms with van der Waals surface area (Å²) in [5.74, 6) is 0.523. The lowest BCUT2D eigenvalue weighted by molar-refractivity contribution is -0.738. The molecule has 2 aromatic rings. The average molecular weight is 307 g/mol. The molecule has 0 aliphatic carbocycles. The first kappa shape index (κ1) is 14.8. The second-order valence-corrected chi connectivity index (χ2v) is 5.40. The lowest BCUT2D eigenvalue weighted by atomic mass is 10.2. The van der Waals surface area contributed by atoms with E-state index in [1.54, 1.807) is 17.2 Å². The molecule has 0 unspecified atom stereocenters. The molecule has 0 spiro atoms. The number of imidazole rings is 1. The number of aromatic nitrogens is 4. The predicted molar refractivity (Wildman–Crippen MR) is 77.5 cm³/mol. The maximum atomic E-state index is 9.86. The Morgan fingerprint density at radius 1 is 1.55 bits per heavy atom. The summed E-state index contributed by atoms with van der Waals surface area (Å²) in [7, 11) is 3.75. The molecule has 2 aromatic heterocycles. The second kappa shape index (κ2) is 5.95. The van der Waals surface area contributed by atoms with Crippen LogP contribution in [0.15, 0.2) is 17.6 Å². The van der Waals surface area contributed by atoms with E-state index in [2.05, 4.69) is 19.9 Å². The van der Waals surface area contributed by atoms with E-state index in [4.69, 9.17) is 4.74 Å². The van der Waals surface area contributed by atoms with Crippen LogP contribution in [0, 0.1) is 0 Å². The van der Waals surface area contributed by atoms with E-state index < -0.39 is 12.2 Å². The minimum Gasteiger partial charge on any atom is -0.394 e. The van der Waals surface area contributed by atoms with Crippen LogP contribution in [-0.4, -0.2) is 69.3 Å². The molecule has 0 saturated carbocycles. The summed E-state index contributed by atoms with van der Waals surface area (Å²) in [6.07, 6.45) is 3.54. The van der Waals surface area contributed by atoms with Gasteiger partial charge in [-0.1, -0.05) is 4.98 Å². The molecule has 118 valence electrons. The van der Waals surface area contributed by atoms with Crippen molar-refractivity contribution >= 4 is 23.3 Å². The Hall–Kier alpha value is -2.10. The average Bonchev–Trinajstić information content (AvgIpc) is 3.08. The highest BCUT2D eigenvalue weighted by molar-refractivity contribution is 5.80. The van der Waals surface area contributed by atoms with E-state index in [-0.39, 0.29) is 12.8 Å². The summed E-state index contributed by atoms with van der Waals surface area (Å²) in [6.45, 7) is -0.214. The summed E-state index contributed by atoms with van der Waals surface area (Å²) >= 11 is 0. The second-order valence-electron chi connectivity index (χ2n) is 5.40. The molecular formula is C13H19N6O3+. The van der Waals surface area contributed by atoms with Gasteiger partial charge in [-0.3, -0.25) is 4.98 Å². The van der Waals surface area contributed by atoms with E-state index in [0.717, 1.165) is 0 Å². The number of fused-ring (bicyclic) bond motifs is 1. The van der Waals surface area contributed by atoms with Crippen LogP contribution in [0.3, 0.4) is 0 Å². The summed E-state index contributed by atoms with van der Waals surface area (Å²) in [6, 6.07) is 0. The van der Waals surface area contributed by atoms with Gasteiger partial charge in [-0.25, -0.2) is 9.56 Å². The number of aromatic amines is 1.